The first-order valence-electron chi connectivity index (χ1n) is 6.15. The molecular weight excluding hydrogens is 274 g/mol. The number of hydrogen-bond acceptors (Lipinski definition) is 5. The van der Waals surface area contributed by atoms with Crippen LogP contribution in [0.4, 0.5) is 5.69 Å². The monoisotopic (exact) mass is 287 g/mol. The molecule has 2 aromatic carbocycles. The van der Waals surface area contributed by atoms with Crippen LogP contribution in [-0.4, -0.2) is 18.0 Å². The Labute approximate surface area is 121 Å². The SMILES string of the molecule is COC(=O)c1ccc([N+](=O)[O-])cc1OCc1ccccc1. The largest absolute Gasteiger partial charge is 0.488 e. The summed E-state index contributed by atoms with van der Waals surface area (Å²) in [5.74, 6) is -0.479. The van der Waals surface area contributed by atoms with Gasteiger partial charge in [-0.2, -0.15) is 0 Å². The van der Waals surface area contributed by atoms with Crippen LogP contribution in [0.2, 0.25) is 0 Å². The Balaban J connectivity index is 2.27. The van der Waals surface area contributed by atoms with Gasteiger partial charge >= 0.3 is 5.97 Å². The Morgan fingerprint density at radius 3 is 2.52 bits per heavy atom. The van der Waals surface area contributed by atoms with E-state index in [1.54, 1.807) is 0 Å². The van der Waals surface area contributed by atoms with E-state index >= 15 is 0 Å². The summed E-state index contributed by atoms with van der Waals surface area (Å²) < 4.78 is 10.2. The molecule has 0 heterocycles. The second-order valence-corrected chi connectivity index (χ2v) is 4.20. The van der Waals surface area contributed by atoms with Crippen LogP contribution >= 0.6 is 0 Å². The third kappa shape index (κ3) is 3.56. The number of nitro groups is 1. The van der Waals surface area contributed by atoms with Gasteiger partial charge in [-0.15, -0.1) is 0 Å². The highest BCUT2D eigenvalue weighted by atomic mass is 16.6. The zero-order chi connectivity index (χ0) is 15.2. The zero-order valence-electron chi connectivity index (χ0n) is 11.3. The summed E-state index contributed by atoms with van der Waals surface area (Å²) in [6.45, 7) is 0.200. The van der Waals surface area contributed by atoms with Gasteiger partial charge < -0.3 is 9.47 Å². The van der Waals surface area contributed by atoms with Gasteiger partial charge in [-0.1, -0.05) is 30.3 Å². The van der Waals surface area contributed by atoms with Crippen LogP contribution in [0.15, 0.2) is 48.5 Å². The molecule has 6 nitrogen and oxygen atoms in total. The van der Waals surface area contributed by atoms with Crippen LogP contribution in [-0.2, 0) is 11.3 Å². The van der Waals surface area contributed by atoms with E-state index in [-0.39, 0.29) is 23.6 Å². The normalized spacial score (nSPS) is 9.95. The van der Waals surface area contributed by atoms with Crippen molar-refractivity contribution in [1.82, 2.24) is 0 Å². The van der Waals surface area contributed by atoms with Crippen LogP contribution in [0.5, 0.6) is 5.75 Å². The summed E-state index contributed by atoms with van der Waals surface area (Å²) in [4.78, 5) is 21.9. The Bertz CT molecular complexity index is 654. The molecule has 0 spiro atoms. The number of nitro benzene ring substituents is 1. The second kappa shape index (κ2) is 6.51. The predicted molar refractivity (Wildman–Crippen MR) is 75.2 cm³/mol. The van der Waals surface area contributed by atoms with Gasteiger partial charge in [0.2, 0.25) is 0 Å². The van der Waals surface area contributed by atoms with Crippen molar-refractivity contribution in [3.63, 3.8) is 0 Å². The number of hydrogen-bond donors (Lipinski definition) is 0. The average Bonchev–Trinajstić information content (AvgIpc) is 2.52. The Morgan fingerprint density at radius 1 is 1.19 bits per heavy atom. The van der Waals surface area contributed by atoms with Crippen molar-refractivity contribution in [2.45, 2.75) is 6.61 Å². The van der Waals surface area contributed by atoms with Gasteiger partial charge in [0, 0.05) is 6.07 Å². The standard InChI is InChI=1S/C15H13NO5/c1-20-15(17)13-8-7-12(16(18)19)9-14(13)21-10-11-5-3-2-4-6-11/h2-9H,10H2,1H3. The Kier molecular flexibility index (Phi) is 4.50. The fourth-order valence-electron chi connectivity index (χ4n) is 1.76. The fraction of sp³-hybridized carbons (Fsp3) is 0.133. The number of carbonyl (C=O) groups excluding carboxylic acids is 1. The smallest absolute Gasteiger partial charge is 0.341 e. The third-order valence-corrected chi connectivity index (χ3v) is 2.82. The summed E-state index contributed by atoms with van der Waals surface area (Å²) in [6.07, 6.45) is 0. The highest BCUT2D eigenvalue weighted by molar-refractivity contribution is 5.92. The van der Waals surface area contributed by atoms with E-state index < -0.39 is 10.9 Å². The van der Waals surface area contributed by atoms with Gasteiger partial charge in [0.1, 0.15) is 17.9 Å². The summed E-state index contributed by atoms with van der Waals surface area (Å²) in [5.41, 5.74) is 0.893. The highest BCUT2D eigenvalue weighted by Crippen LogP contribution is 2.26. The lowest BCUT2D eigenvalue weighted by molar-refractivity contribution is -0.384. The molecule has 0 N–H and O–H groups in total. The van der Waals surface area contributed by atoms with E-state index in [9.17, 15) is 14.9 Å². The van der Waals surface area contributed by atoms with E-state index in [0.29, 0.717) is 0 Å². The fourth-order valence-corrected chi connectivity index (χ4v) is 1.76. The first kappa shape index (κ1) is 14.5. The number of non-ortho nitro benzene ring substituents is 1. The molecule has 2 rings (SSSR count). The number of ether oxygens (including phenoxy) is 2. The summed E-state index contributed by atoms with van der Waals surface area (Å²) in [6, 6.07) is 13.1. The van der Waals surface area contributed by atoms with Crippen LogP contribution in [0.1, 0.15) is 15.9 Å². The number of rotatable bonds is 5. The molecule has 0 aromatic heterocycles. The molecule has 108 valence electrons. The van der Waals surface area contributed by atoms with E-state index in [1.165, 1.54) is 25.3 Å². The van der Waals surface area contributed by atoms with Gasteiger partial charge in [-0.05, 0) is 11.6 Å². The molecular formula is C15H13NO5. The van der Waals surface area contributed by atoms with E-state index in [1.807, 2.05) is 30.3 Å². The van der Waals surface area contributed by atoms with Crippen molar-refractivity contribution >= 4 is 11.7 Å². The molecule has 0 aliphatic carbocycles. The van der Waals surface area contributed by atoms with Crippen LogP contribution in [0, 0.1) is 10.1 Å². The number of esters is 1. The third-order valence-electron chi connectivity index (χ3n) is 2.82. The molecule has 0 aliphatic rings. The lowest BCUT2D eigenvalue weighted by Gasteiger charge is -2.10. The van der Waals surface area contributed by atoms with Crippen molar-refractivity contribution in [1.29, 1.82) is 0 Å². The highest BCUT2D eigenvalue weighted by Gasteiger charge is 2.17. The molecule has 0 unspecified atom stereocenters. The first-order valence-corrected chi connectivity index (χ1v) is 6.15. The Morgan fingerprint density at radius 2 is 1.90 bits per heavy atom. The maximum absolute atomic E-state index is 11.7. The first-order chi connectivity index (χ1) is 10.1. The average molecular weight is 287 g/mol. The molecule has 0 radical (unpaired) electrons. The number of benzene rings is 2. The molecule has 0 saturated carbocycles. The predicted octanol–water partition coefficient (Wildman–Crippen LogP) is 2.96. The summed E-state index contributed by atoms with van der Waals surface area (Å²) in [7, 11) is 1.24. The molecule has 6 heteroatoms. The van der Waals surface area contributed by atoms with Gasteiger partial charge in [0.15, 0.2) is 0 Å². The lowest BCUT2D eigenvalue weighted by atomic mass is 10.2. The van der Waals surface area contributed by atoms with Crippen LogP contribution < -0.4 is 4.74 Å². The van der Waals surface area contributed by atoms with Crippen molar-refractivity contribution in [2.24, 2.45) is 0 Å². The molecule has 0 fully saturated rings. The quantitative estimate of drug-likeness (QED) is 0.480. The molecule has 0 aliphatic heterocycles. The summed E-state index contributed by atoms with van der Waals surface area (Å²) in [5, 5.41) is 10.8. The summed E-state index contributed by atoms with van der Waals surface area (Å²) >= 11 is 0. The van der Waals surface area contributed by atoms with Crippen molar-refractivity contribution in [2.75, 3.05) is 7.11 Å². The maximum atomic E-state index is 11.7. The number of carbonyl (C=O) groups is 1. The van der Waals surface area contributed by atoms with Crippen LogP contribution in [0.25, 0.3) is 0 Å². The van der Waals surface area contributed by atoms with E-state index in [4.69, 9.17) is 4.74 Å². The minimum absolute atomic E-state index is 0.125. The topological polar surface area (TPSA) is 78.7 Å². The minimum Gasteiger partial charge on any atom is -0.488 e. The van der Waals surface area contributed by atoms with Crippen molar-refractivity contribution in [3.8, 4) is 5.75 Å². The molecule has 0 saturated heterocycles. The molecule has 0 bridgehead atoms. The van der Waals surface area contributed by atoms with Gasteiger partial charge in [0.25, 0.3) is 5.69 Å². The zero-order valence-corrected chi connectivity index (χ0v) is 11.3. The minimum atomic E-state index is -0.604. The van der Waals surface area contributed by atoms with Crippen molar-refractivity contribution < 1.29 is 19.2 Å². The van der Waals surface area contributed by atoms with E-state index in [2.05, 4.69) is 4.74 Å². The maximum Gasteiger partial charge on any atom is 0.341 e. The van der Waals surface area contributed by atoms with Crippen LogP contribution in [0.3, 0.4) is 0 Å². The van der Waals surface area contributed by atoms with Gasteiger partial charge in [-0.3, -0.25) is 10.1 Å². The number of methoxy groups -OCH3 is 1. The molecule has 21 heavy (non-hydrogen) atoms. The second-order valence-electron chi connectivity index (χ2n) is 4.20. The molecule has 0 amide bonds. The molecule has 2 aromatic rings. The molecule has 0 atom stereocenters. The lowest BCUT2D eigenvalue weighted by Crippen LogP contribution is -2.06. The Hall–Kier alpha value is -2.89. The van der Waals surface area contributed by atoms with E-state index in [0.717, 1.165) is 5.56 Å². The van der Waals surface area contributed by atoms with Crippen molar-refractivity contribution in [3.05, 3.63) is 69.8 Å². The number of nitrogens with zero attached hydrogens (tertiary/aromatic N) is 1. The van der Waals surface area contributed by atoms with Gasteiger partial charge in [0.05, 0.1) is 18.1 Å². The van der Waals surface area contributed by atoms with Gasteiger partial charge in [-0.25, -0.2) is 4.79 Å².